The third-order valence-electron chi connectivity index (χ3n) is 9.36. The van der Waals surface area contributed by atoms with Crippen molar-refractivity contribution in [2.75, 3.05) is 6.54 Å². The predicted molar refractivity (Wildman–Crippen MR) is 100 cm³/mol. The Morgan fingerprint density at radius 3 is 2.56 bits per heavy atom. The van der Waals surface area contributed by atoms with Gasteiger partial charge in [-0.05, 0) is 94.4 Å². The Labute approximate surface area is 153 Å². The average Bonchev–Trinajstić information content (AvgIpc) is 2.81. The predicted octanol–water partition coefficient (Wildman–Crippen LogP) is 3.89. The Bertz CT molecular complexity index is 560. The monoisotopic (exact) mass is 347 g/mol. The van der Waals surface area contributed by atoms with Crippen molar-refractivity contribution in [1.29, 1.82) is 0 Å². The number of aliphatic hydroxyl groups excluding tert-OH is 1. The van der Waals surface area contributed by atoms with Gasteiger partial charge in [0.25, 0.3) is 0 Å². The van der Waals surface area contributed by atoms with E-state index in [0.717, 1.165) is 37.1 Å². The zero-order valence-electron chi connectivity index (χ0n) is 16.8. The third kappa shape index (κ3) is 2.34. The Morgan fingerprint density at radius 2 is 1.88 bits per heavy atom. The molecule has 0 spiro atoms. The smallest absolute Gasteiger partial charge is 0.149 e. The van der Waals surface area contributed by atoms with E-state index in [0.29, 0.717) is 23.0 Å². The molecule has 3 heteroatoms. The largest absolute Gasteiger partial charge is 0.393 e. The second kappa shape index (κ2) is 5.79. The fourth-order valence-corrected chi connectivity index (χ4v) is 8.37. The lowest BCUT2D eigenvalue weighted by Gasteiger charge is -2.62. The molecule has 0 amide bonds. The highest BCUT2D eigenvalue weighted by atomic mass is 16.3. The van der Waals surface area contributed by atoms with E-state index in [1.807, 2.05) is 6.92 Å². The summed E-state index contributed by atoms with van der Waals surface area (Å²) in [4.78, 5) is 14.8. The van der Waals surface area contributed by atoms with Gasteiger partial charge in [0.05, 0.1) is 12.1 Å². The van der Waals surface area contributed by atoms with Crippen molar-refractivity contribution in [3.05, 3.63) is 0 Å². The molecule has 3 nitrogen and oxygen atoms in total. The summed E-state index contributed by atoms with van der Waals surface area (Å²) in [5, 5.41) is 10.5. The van der Waals surface area contributed by atoms with Gasteiger partial charge in [-0.15, -0.1) is 0 Å². The Balaban J connectivity index is 1.65. The molecule has 9 atom stereocenters. The molecule has 25 heavy (non-hydrogen) atoms. The van der Waals surface area contributed by atoms with Crippen LogP contribution < -0.4 is 0 Å². The maximum absolute atomic E-state index is 12.3. The minimum atomic E-state index is -0.190. The van der Waals surface area contributed by atoms with Gasteiger partial charge in [-0.1, -0.05) is 13.8 Å². The van der Waals surface area contributed by atoms with E-state index >= 15 is 0 Å². The van der Waals surface area contributed by atoms with Crippen molar-refractivity contribution in [2.45, 2.75) is 90.8 Å². The third-order valence-corrected chi connectivity index (χ3v) is 9.36. The topological polar surface area (TPSA) is 40.5 Å². The highest BCUT2D eigenvalue weighted by Crippen LogP contribution is 2.65. The van der Waals surface area contributed by atoms with Gasteiger partial charge >= 0.3 is 0 Å². The maximum atomic E-state index is 12.3. The molecule has 0 aromatic carbocycles. The fourth-order valence-electron chi connectivity index (χ4n) is 8.37. The van der Waals surface area contributed by atoms with Crippen LogP contribution in [0.2, 0.25) is 0 Å². The van der Waals surface area contributed by atoms with Crippen LogP contribution in [0.4, 0.5) is 0 Å². The summed E-state index contributed by atoms with van der Waals surface area (Å²) >= 11 is 0. The highest BCUT2D eigenvalue weighted by Gasteiger charge is 2.62. The molecule has 0 bridgehead atoms. The second-order valence-corrected chi connectivity index (χ2v) is 10.4. The number of ketones is 1. The summed E-state index contributed by atoms with van der Waals surface area (Å²) < 4.78 is 0. The lowest BCUT2D eigenvalue weighted by Crippen LogP contribution is -2.67. The quantitative estimate of drug-likeness (QED) is 0.782. The fraction of sp³-hybridized carbons (Fsp3) is 0.955. The summed E-state index contributed by atoms with van der Waals surface area (Å²) in [6.07, 6.45) is 6.70. The SMILES string of the molecule is CC(O)[C@H]1C(C)C[C@H]2[C@@H]3CCN4C(C)C(=O)CC[C@]4(C)[C@H]3CC[C@]12C. The average molecular weight is 348 g/mol. The first-order valence-corrected chi connectivity index (χ1v) is 10.7. The van der Waals surface area contributed by atoms with Crippen LogP contribution >= 0.6 is 0 Å². The number of piperidine rings is 2. The summed E-state index contributed by atoms with van der Waals surface area (Å²) in [7, 11) is 0. The van der Waals surface area contributed by atoms with E-state index in [-0.39, 0.29) is 17.7 Å². The molecule has 1 N–H and O–H groups in total. The number of carbonyl (C=O) groups excluding carboxylic acids is 1. The lowest BCUT2D eigenvalue weighted by atomic mass is 9.51. The van der Waals surface area contributed by atoms with E-state index < -0.39 is 0 Å². The molecule has 2 saturated heterocycles. The highest BCUT2D eigenvalue weighted by molar-refractivity contribution is 5.84. The van der Waals surface area contributed by atoms with Gasteiger partial charge in [0.15, 0.2) is 0 Å². The first-order valence-electron chi connectivity index (χ1n) is 10.7. The molecule has 3 unspecified atom stereocenters. The molecule has 4 aliphatic rings. The standard InChI is InChI=1S/C22H37NO2/c1-13-12-18-16-8-11-23-14(2)19(25)7-10-22(23,5)17(16)6-9-21(18,4)20(13)15(3)24/h13-18,20,24H,6-12H2,1-5H3/t13?,14?,15?,16-,17+,18+,20-,21+,22-/m1/s1. The van der Waals surface area contributed by atoms with Gasteiger partial charge in [-0.2, -0.15) is 0 Å². The van der Waals surface area contributed by atoms with Crippen LogP contribution in [0.5, 0.6) is 0 Å². The zero-order chi connectivity index (χ0) is 18.1. The Morgan fingerprint density at radius 1 is 1.16 bits per heavy atom. The van der Waals surface area contributed by atoms with Gasteiger partial charge in [-0.25, -0.2) is 0 Å². The van der Waals surface area contributed by atoms with Gasteiger partial charge in [0.2, 0.25) is 0 Å². The number of Topliss-reactive ketones (excluding diaryl/α,β-unsaturated/α-hetero) is 1. The van der Waals surface area contributed by atoms with E-state index in [1.54, 1.807) is 0 Å². The number of aliphatic hydroxyl groups is 1. The van der Waals surface area contributed by atoms with Gasteiger partial charge in [0, 0.05) is 12.0 Å². The molecule has 0 radical (unpaired) electrons. The molecular weight excluding hydrogens is 310 g/mol. The van der Waals surface area contributed by atoms with Crippen LogP contribution in [0, 0.1) is 35.0 Å². The molecule has 4 fully saturated rings. The molecule has 4 rings (SSSR count). The lowest BCUT2D eigenvalue weighted by molar-refractivity contribution is -0.155. The van der Waals surface area contributed by atoms with E-state index in [4.69, 9.17) is 0 Å². The van der Waals surface area contributed by atoms with E-state index in [1.165, 1.54) is 25.7 Å². The van der Waals surface area contributed by atoms with Crippen LogP contribution in [0.15, 0.2) is 0 Å². The van der Waals surface area contributed by atoms with Gasteiger partial charge in [0.1, 0.15) is 5.78 Å². The maximum Gasteiger partial charge on any atom is 0.149 e. The van der Waals surface area contributed by atoms with Crippen LogP contribution in [0.3, 0.4) is 0 Å². The summed E-state index contributed by atoms with van der Waals surface area (Å²) in [6, 6.07) is 0.112. The second-order valence-electron chi connectivity index (χ2n) is 10.4. The van der Waals surface area contributed by atoms with Gasteiger partial charge < -0.3 is 5.11 Å². The van der Waals surface area contributed by atoms with E-state index in [2.05, 4.69) is 32.6 Å². The number of hydrogen-bond donors (Lipinski definition) is 1. The summed E-state index contributed by atoms with van der Waals surface area (Å²) in [6.45, 7) is 12.5. The Kier molecular flexibility index (Phi) is 4.16. The number of fused-ring (bicyclic) bond motifs is 5. The number of carbonyl (C=O) groups is 1. The zero-order valence-corrected chi connectivity index (χ0v) is 16.8. The van der Waals surface area contributed by atoms with Crippen molar-refractivity contribution in [1.82, 2.24) is 4.90 Å². The van der Waals surface area contributed by atoms with Crippen LogP contribution in [-0.4, -0.2) is 40.0 Å². The van der Waals surface area contributed by atoms with Crippen molar-refractivity contribution >= 4 is 5.78 Å². The van der Waals surface area contributed by atoms with Crippen LogP contribution in [0.1, 0.15) is 73.1 Å². The molecule has 2 heterocycles. The van der Waals surface area contributed by atoms with Crippen molar-refractivity contribution < 1.29 is 9.90 Å². The van der Waals surface area contributed by atoms with Crippen molar-refractivity contribution in [3.63, 3.8) is 0 Å². The minimum Gasteiger partial charge on any atom is -0.393 e. The minimum absolute atomic E-state index is 0.112. The van der Waals surface area contributed by atoms with Crippen molar-refractivity contribution in [3.8, 4) is 0 Å². The number of hydrogen-bond acceptors (Lipinski definition) is 3. The Hall–Kier alpha value is -0.410. The molecule has 2 aliphatic carbocycles. The normalized spacial score (nSPS) is 54.6. The molecule has 2 saturated carbocycles. The molecule has 0 aromatic rings. The molecule has 2 aliphatic heterocycles. The summed E-state index contributed by atoms with van der Waals surface area (Å²) in [5.41, 5.74) is 0.521. The molecule has 0 aromatic heterocycles. The first-order chi connectivity index (χ1) is 11.7. The number of nitrogens with zero attached hydrogens (tertiary/aromatic N) is 1. The van der Waals surface area contributed by atoms with E-state index in [9.17, 15) is 9.90 Å². The van der Waals surface area contributed by atoms with Gasteiger partial charge in [-0.3, -0.25) is 9.69 Å². The molecular formula is C22H37NO2. The van der Waals surface area contributed by atoms with Crippen LogP contribution in [0.25, 0.3) is 0 Å². The van der Waals surface area contributed by atoms with Crippen molar-refractivity contribution in [2.24, 2.45) is 35.0 Å². The number of rotatable bonds is 1. The van der Waals surface area contributed by atoms with Crippen LogP contribution in [-0.2, 0) is 4.79 Å². The first kappa shape index (κ1) is 18.0. The summed E-state index contributed by atoms with van der Waals surface area (Å²) in [5.74, 6) is 3.80. The molecule has 142 valence electrons.